The minimum absolute atomic E-state index is 0.0128. The highest BCUT2D eigenvalue weighted by Crippen LogP contribution is 2.19. The van der Waals surface area contributed by atoms with Crippen LogP contribution in [0.15, 0.2) is 91.1 Å². The highest BCUT2D eigenvalue weighted by Gasteiger charge is 2.31. The van der Waals surface area contributed by atoms with Gasteiger partial charge in [-0.15, -0.1) is 0 Å². The van der Waals surface area contributed by atoms with Gasteiger partial charge in [0.25, 0.3) is 0 Å². The highest BCUT2D eigenvalue weighted by atomic mass is 16.4. The van der Waals surface area contributed by atoms with Gasteiger partial charge in [-0.25, -0.2) is 4.79 Å². The van der Waals surface area contributed by atoms with E-state index in [2.05, 4.69) is 20.9 Å². The number of aromatic nitrogens is 1. The quantitative estimate of drug-likeness (QED) is 0.115. The minimum Gasteiger partial charge on any atom is -0.480 e. The molecule has 3 amide bonds. The molecule has 11 heteroatoms. The molecule has 0 bridgehead atoms. The van der Waals surface area contributed by atoms with E-state index >= 15 is 0 Å². The second-order valence-electron chi connectivity index (χ2n) is 10.3. The summed E-state index contributed by atoms with van der Waals surface area (Å²) in [6.07, 6.45) is 1.98. The molecule has 0 unspecified atom stereocenters. The number of aliphatic carboxylic acids is 1. The van der Waals surface area contributed by atoms with E-state index in [1.54, 1.807) is 36.5 Å². The average Bonchev–Trinajstić information content (AvgIpc) is 3.42. The van der Waals surface area contributed by atoms with Crippen molar-refractivity contribution < 1.29 is 29.4 Å². The first-order valence-electron chi connectivity index (χ1n) is 13.9. The Morgan fingerprint density at radius 3 is 1.84 bits per heavy atom. The largest absolute Gasteiger partial charge is 0.480 e. The Bertz CT molecular complexity index is 1540. The number of carboxylic acids is 1. The number of nitrogens with one attached hydrogen (secondary N) is 4. The minimum atomic E-state index is -1.40. The molecule has 4 atom stereocenters. The number of rotatable bonds is 14. The van der Waals surface area contributed by atoms with Crippen LogP contribution in [0.2, 0.25) is 0 Å². The zero-order valence-corrected chi connectivity index (χ0v) is 23.4. The Morgan fingerprint density at radius 1 is 0.674 bits per heavy atom. The van der Waals surface area contributed by atoms with Crippen LogP contribution in [0.5, 0.6) is 0 Å². The number of carbonyl (C=O) groups is 4. The van der Waals surface area contributed by atoms with E-state index in [0.717, 1.165) is 16.5 Å². The van der Waals surface area contributed by atoms with Crippen LogP contribution in [-0.4, -0.2) is 69.7 Å². The topological polar surface area (TPSA) is 187 Å². The molecule has 1 aromatic heterocycles. The molecule has 4 aromatic rings. The van der Waals surface area contributed by atoms with Crippen molar-refractivity contribution in [2.24, 2.45) is 5.73 Å². The van der Waals surface area contributed by atoms with E-state index in [4.69, 9.17) is 5.73 Å². The zero-order valence-electron chi connectivity index (χ0n) is 23.4. The number of amides is 3. The lowest BCUT2D eigenvalue weighted by Crippen LogP contribution is -2.58. The Kier molecular flexibility index (Phi) is 10.6. The number of aliphatic hydroxyl groups is 1. The first kappa shape index (κ1) is 30.9. The average molecular weight is 586 g/mol. The highest BCUT2D eigenvalue weighted by molar-refractivity contribution is 5.95. The van der Waals surface area contributed by atoms with Crippen LogP contribution >= 0.6 is 0 Å². The maximum Gasteiger partial charge on any atom is 0.326 e. The summed E-state index contributed by atoms with van der Waals surface area (Å²) in [6.45, 7) is -0.747. The number of hydrogen-bond donors (Lipinski definition) is 7. The Morgan fingerprint density at radius 2 is 1.21 bits per heavy atom. The summed E-state index contributed by atoms with van der Waals surface area (Å²) >= 11 is 0. The summed E-state index contributed by atoms with van der Waals surface area (Å²) < 4.78 is 0. The molecular weight excluding hydrogens is 550 g/mol. The number of H-pyrrole nitrogens is 1. The van der Waals surface area contributed by atoms with Crippen molar-refractivity contribution in [1.82, 2.24) is 20.9 Å². The molecule has 0 aliphatic rings. The number of aromatic amines is 1. The first-order valence-corrected chi connectivity index (χ1v) is 13.9. The molecule has 1 heterocycles. The third-order valence-corrected chi connectivity index (χ3v) is 7.08. The molecule has 4 rings (SSSR count). The van der Waals surface area contributed by atoms with Crippen molar-refractivity contribution in [1.29, 1.82) is 0 Å². The van der Waals surface area contributed by atoms with Crippen LogP contribution in [0.3, 0.4) is 0 Å². The second kappa shape index (κ2) is 14.8. The summed E-state index contributed by atoms with van der Waals surface area (Å²) in [5.74, 6) is -3.43. The number of aliphatic hydroxyl groups excluding tert-OH is 1. The van der Waals surface area contributed by atoms with Gasteiger partial charge in [0.05, 0.1) is 12.6 Å². The Hall–Kier alpha value is -5.00. The van der Waals surface area contributed by atoms with Gasteiger partial charge in [0, 0.05) is 29.9 Å². The van der Waals surface area contributed by atoms with Crippen LogP contribution in [0, 0.1) is 0 Å². The molecule has 0 saturated heterocycles. The van der Waals surface area contributed by atoms with Gasteiger partial charge in [0.15, 0.2) is 0 Å². The van der Waals surface area contributed by atoms with Crippen molar-refractivity contribution in [3.63, 3.8) is 0 Å². The van der Waals surface area contributed by atoms with Gasteiger partial charge in [-0.05, 0) is 29.2 Å². The molecule has 0 radical (unpaired) electrons. The number of hydrogen-bond acceptors (Lipinski definition) is 6. The SMILES string of the molecule is N[C@@H](Cc1ccccc1)C(=O)N[C@@H](CO)C(=O)N[C@@H](Cc1c[nH]c2ccccc12)C(=O)N[C@@H](Cc1ccccc1)C(=O)O. The van der Waals surface area contributed by atoms with Crippen molar-refractivity contribution in [2.75, 3.05) is 6.61 Å². The predicted molar refractivity (Wildman–Crippen MR) is 161 cm³/mol. The number of carbonyl (C=O) groups excluding carboxylic acids is 3. The zero-order chi connectivity index (χ0) is 30.8. The maximum atomic E-state index is 13.5. The number of carboxylic acid groups (broad SMARTS) is 1. The summed E-state index contributed by atoms with van der Waals surface area (Å²) in [6, 6.07) is 20.5. The van der Waals surface area contributed by atoms with Gasteiger partial charge in [-0.1, -0.05) is 78.9 Å². The van der Waals surface area contributed by atoms with Crippen LogP contribution in [-0.2, 0) is 38.4 Å². The lowest BCUT2D eigenvalue weighted by molar-refractivity contribution is -0.142. The molecule has 3 aromatic carbocycles. The molecule has 0 fully saturated rings. The van der Waals surface area contributed by atoms with E-state index in [0.29, 0.717) is 11.1 Å². The second-order valence-corrected chi connectivity index (χ2v) is 10.3. The lowest BCUT2D eigenvalue weighted by atomic mass is 10.0. The molecule has 11 nitrogen and oxygen atoms in total. The summed E-state index contributed by atoms with van der Waals surface area (Å²) in [5, 5.41) is 28.2. The predicted octanol–water partition coefficient (Wildman–Crippen LogP) is 1.05. The number of nitrogens with two attached hydrogens (primary N) is 1. The number of fused-ring (bicyclic) bond motifs is 1. The first-order chi connectivity index (χ1) is 20.7. The molecular formula is C32H35N5O6. The standard InChI is InChI=1S/C32H35N5O6/c33-24(15-20-9-3-1-4-10-20)29(39)37-28(19-38)31(41)35-26(17-22-18-34-25-14-8-7-13-23(22)25)30(40)36-27(32(42)43)16-21-11-5-2-6-12-21/h1-14,18,24,26-28,34,38H,15-17,19,33H2,(H,35,41)(H,36,40)(H,37,39)(H,42,43)/t24-,26-,27-,28-/m0/s1. The fraction of sp³-hybridized carbons (Fsp3) is 0.250. The Balaban J connectivity index is 1.50. The van der Waals surface area contributed by atoms with Crippen molar-refractivity contribution in [3.8, 4) is 0 Å². The van der Waals surface area contributed by atoms with E-state index < -0.39 is 54.5 Å². The molecule has 224 valence electrons. The summed E-state index contributed by atoms with van der Waals surface area (Å²) in [4.78, 5) is 54.7. The summed E-state index contributed by atoms with van der Waals surface area (Å²) in [7, 11) is 0. The normalized spacial score (nSPS) is 13.8. The Labute approximate surface area is 248 Å². The molecule has 0 spiro atoms. The van der Waals surface area contributed by atoms with E-state index in [1.807, 2.05) is 54.6 Å². The number of benzene rings is 3. The summed E-state index contributed by atoms with van der Waals surface area (Å²) in [5.41, 5.74) is 9.11. The van der Waals surface area contributed by atoms with Crippen molar-refractivity contribution in [2.45, 2.75) is 43.4 Å². The van der Waals surface area contributed by atoms with Crippen LogP contribution in [0.4, 0.5) is 0 Å². The molecule has 0 aliphatic carbocycles. The van der Waals surface area contributed by atoms with E-state index in [1.165, 1.54) is 0 Å². The van der Waals surface area contributed by atoms with Crippen LogP contribution < -0.4 is 21.7 Å². The fourth-order valence-electron chi connectivity index (χ4n) is 4.76. The van der Waals surface area contributed by atoms with Gasteiger partial charge < -0.3 is 36.9 Å². The third kappa shape index (κ3) is 8.51. The third-order valence-electron chi connectivity index (χ3n) is 7.08. The molecule has 0 aliphatic heterocycles. The van der Waals surface area contributed by atoms with E-state index in [9.17, 15) is 29.4 Å². The molecule has 43 heavy (non-hydrogen) atoms. The van der Waals surface area contributed by atoms with Crippen molar-refractivity contribution in [3.05, 3.63) is 108 Å². The molecule has 0 saturated carbocycles. The van der Waals surface area contributed by atoms with Gasteiger partial charge >= 0.3 is 5.97 Å². The van der Waals surface area contributed by atoms with Gasteiger partial charge in [-0.3, -0.25) is 14.4 Å². The number of para-hydroxylation sites is 1. The van der Waals surface area contributed by atoms with Gasteiger partial charge in [0.1, 0.15) is 18.1 Å². The lowest BCUT2D eigenvalue weighted by Gasteiger charge is -2.24. The van der Waals surface area contributed by atoms with Crippen molar-refractivity contribution >= 4 is 34.6 Å². The fourth-order valence-corrected chi connectivity index (χ4v) is 4.76. The smallest absolute Gasteiger partial charge is 0.326 e. The van der Waals surface area contributed by atoms with E-state index in [-0.39, 0.29) is 19.3 Å². The van der Waals surface area contributed by atoms with Crippen LogP contribution in [0.1, 0.15) is 16.7 Å². The monoisotopic (exact) mass is 585 g/mol. The van der Waals surface area contributed by atoms with Gasteiger partial charge in [0.2, 0.25) is 17.7 Å². The maximum absolute atomic E-state index is 13.5. The van der Waals surface area contributed by atoms with Crippen LogP contribution in [0.25, 0.3) is 10.9 Å². The molecule has 8 N–H and O–H groups in total. The van der Waals surface area contributed by atoms with Gasteiger partial charge in [-0.2, -0.15) is 0 Å².